The van der Waals surface area contributed by atoms with Crippen molar-refractivity contribution < 1.29 is 9.53 Å². The Morgan fingerprint density at radius 2 is 2.14 bits per heavy atom. The molecule has 0 unspecified atom stereocenters. The number of benzene rings is 1. The van der Waals surface area contributed by atoms with E-state index in [0.29, 0.717) is 25.2 Å². The highest BCUT2D eigenvalue weighted by molar-refractivity contribution is 5.73. The van der Waals surface area contributed by atoms with Crippen molar-refractivity contribution in [1.29, 1.82) is 0 Å². The van der Waals surface area contributed by atoms with Gasteiger partial charge in [0.25, 0.3) is 5.56 Å². The van der Waals surface area contributed by atoms with Crippen molar-refractivity contribution in [2.24, 2.45) is 0 Å². The zero-order valence-corrected chi connectivity index (χ0v) is 12.3. The number of aromatic amines is 1. The lowest BCUT2D eigenvalue weighted by atomic mass is 10.3. The minimum absolute atomic E-state index is 0.190. The Labute approximate surface area is 122 Å². The Morgan fingerprint density at radius 1 is 1.38 bits per heavy atom. The number of aromatic nitrogens is 2. The Balaban J connectivity index is 2.15. The molecule has 0 spiro atoms. The first-order chi connectivity index (χ1) is 10.1. The molecule has 1 aromatic heterocycles. The molecule has 0 fully saturated rings. The van der Waals surface area contributed by atoms with E-state index in [-0.39, 0.29) is 11.5 Å². The number of ether oxygens (including phenoxy) is 1. The average Bonchev–Trinajstić information content (AvgIpc) is 2.51. The summed E-state index contributed by atoms with van der Waals surface area (Å²) in [5.74, 6) is -0.256. The molecule has 112 valence electrons. The third-order valence-electron chi connectivity index (χ3n) is 3.35. The predicted octanol–water partition coefficient (Wildman–Crippen LogP) is 1.31. The van der Waals surface area contributed by atoms with Crippen LogP contribution in [0.3, 0.4) is 0 Å². The number of para-hydroxylation sites is 2. The molecule has 0 saturated carbocycles. The number of nitrogens with zero attached hydrogens (tertiary/aromatic N) is 2. The molecular formula is C15H19N3O3. The van der Waals surface area contributed by atoms with Crippen LogP contribution in [0.15, 0.2) is 29.1 Å². The van der Waals surface area contributed by atoms with Gasteiger partial charge in [-0.2, -0.15) is 0 Å². The molecular weight excluding hydrogens is 270 g/mol. The van der Waals surface area contributed by atoms with Gasteiger partial charge in [0.15, 0.2) is 0 Å². The number of carbonyl (C=O) groups excluding carboxylic acids is 1. The number of nitrogens with one attached hydrogen (secondary N) is 1. The van der Waals surface area contributed by atoms with Gasteiger partial charge >= 0.3 is 5.97 Å². The maximum absolute atomic E-state index is 12.0. The maximum Gasteiger partial charge on any atom is 0.306 e. The van der Waals surface area contributed by atoms with E-state index >= 15 is 0 Å². The van der Waals surface area contributed by atoms with Crippen LogP contribution in [0.4, 0.5) is 0 Å². The number of carbonyl (C=O) groups is 1. The minimum Gasteiger partial charge on any atom is -0.469 e. The van der Waals surface area contributed by atoms with Gasteiger partial charge in [-0.05, 0) is 18.7 Å². The fourth-order valence-electron chi connectivity index (χ4n) is 2.09. The Morgan fingerprint density at radius 3 is 2.86 bits per heavy atom. The van der Waals surface area contributed by atoms with Crippen molar-refractivity contribution >= 4 is 17.0 Å². The number of methoxy groups -OCH3 is 1. The van der Waals surface area contributed by atoms with Crippen molar-refractivity contribution in [1.82, 2.24) is 14.9 Å². The zero-order valence-electron chi connectivity index (χ0n) is 12.3. The maximum atomic E-state index is 12.0. The largest absolute Gasteiger partial charge is 0.469 e. The highest BCUT2D eigenvalue weighted by Gasteiger charge is 2.11. The third-order valence-corrected chi connectivity index (χ3v) is 3.35. The van der Waals surface area contributed by atoms with Gasteiger partial charge in [0.2, 0.25) is 0 Å². The smallest absolute Gasteiger partial charge is 0.306 e. The minimum atomic E-state index is -0.256. The van der Waals surface area contributed by atoms with Gasteiger partial charge in [0.1, 0.15) is 5.69 Å². The molecule has 1 N–H and O–H groups in total. The van der Waals surface area contributed by atoms with Gasteiger partial charge in [-0.1, -0.05) is 19.1 Å². The molecule has 6 nitrogen and oxygen atoms in total. The Hall–Kier alpha value is -2.21. The van der Waals surface area contributed by atoms with Gasteiger partial charge < -0.3 is 9.72 Å². The molecule has 0 aliphatic heterocycles. The van der Waals surface area contributed by atoms with Crippen molar-refractivity contribution in [2.75, 3.05) is 20.2 Å². The first kappa shape index (κ1) is 15.2. The van der Waals surface area contributed by atoms with E-state index in [1.807, 2.05) is 36.1 Å². The van der Waals surface area contributed by atoms with E-state index in [4.69, 9.17) is 0 Å². The molecule has 0 aliphatic rings. The SMILES string of the molecule is CCN(CCC(=O)OC)Cc1nc2ccccc2[nH]c1=O. The second-order valence-corrected chi connectivity index (χ2v) is 4.72. The molecule has 6 heteroatoms. The molecule has 0 atom stereocenters. The number of hydrogen-bond donors (Lipinski definition) is 1. The van der Waals surface area contributed by atoms with E-state index in [0.717, 1.165) is 17.6 Å². The van der Waals surface area contributed by atoms with Gasteiger partial charge in [0, 0.05) is 13.1 Å². The number of hydrogen-bond acceptors (Lipinski definition) is 5. The summed E-state index contributed by atoms with van der Waals surface area (Å²) in [5.41, 5.74) is 1.76. The lowest BCUT2D eigenvalue weighted by Gasteiger charge is -2.18. The lowest BCUT2D eigenvalue weighted by Crippen LogP contribution is -2.30. The van der Waals surface area contributed by atoms with E-state index < -0.39 is 0 Å². The second kappa shape index (κ2) is 6.99. The lowest BCUT2D eigenvalue weighted by molar-refractivity contribution is -0.141. The van der Waals surface area contributed by atoms with Gasteiger partial charge in [-0.25, -0.2) is 4.98 Å². The average molecular weight is 289 g/mol. The highest BCUT2D eigenvalue weighted by atomic mass is 16.5. The van der Waals surface area contributed by atoms with Crippen LogP contribution in [-0.2, 0) is 16.1 Å². The monoisotopic (exact) mass is 289 g/mol. The number of fused-ring (bicyclic) bond motifs is 1. The molecule has 0 saturated heterocycles. The van der Waals surface area contributed by atoms with E-state index in [1.165, 1.54) is 7.11 Å². The number of H-pyrrole nitrogens is 1. The third kappa shape index (κ3) is 3.88. The Bertz CT molecular complexity index is 681. The Kier molecular flexibility index (Phi) is 5.05. The predicted molar refractivity (Wildman–Crippen MR) is 79.9 cm³/mol. The number of esters is 1. The zero-order chi connectivity index (χ0) is 15.2. The summed E-state index contributed by atoms with van der Waals surface area (Å²) in [6.07, 6.45) is 0.301. The summed E-state index contributed by atoms with van der Waals surface area (Å²) in [6.45, 7) is 3.65. The van der Waals surface area contributed by atoms with Crippen LogP contribution in [0, 0.1) is 0 Å². The first-order valence-electron chi connectivity index (χ1n) is 6.91. The molecule has 2 aromatic rings. The van der Waals surface area contributed by atoms with Crippen LogP contribution >= 0.6 is 0 Å². The fraction of sp³-hybridized carbons (Fsp3) is 0.400. The van der Waals surface area contributed by atoms with Gasteiger partial charge in [-0.3, -0.25) is 14.5 Å². The van der Waals surface area contributed by atoms with Crippen molar-refractivity contribution in [3.8, 4) is 0 Å². The molecule has 2 rings (SSSR count). The molecule has 0 amide bonds. The van der Waals surface area contributed by atoms with E-state index in [9.17, 15) is 9.59 Å². The first-order valence-corrected chi connectivity index (χ1v) is 6.91. The summed E-state index contributed by atoms with van der Waals surface area (Å²) >= 11 is 0. The highest BCUT2D eigenvalue weighted by Crippen LogP contribution is 2.07. The van der Waals surface area contributed by atoms with Crippen molar-refractivity contribution in [3.05, 3.63) is 40.3 Å². The van der Waals surface area contributed by atoms with Gasteiger partial charge in [-0.15, -0.1) is 0 Å². The molecule has 0 bridgehead atoms. The molecule has 21 heavy (non-hydrogen) atoms. The van der Waals surface area contributed by atoms with Crippen LogP contribution in [-0.4, -0.2) is 41.0 Å². The molecule has 0 radical (unpaired) electrons. The topological polar surface area (TPSA) is 75.3 Å². The summed E-state index contributed by atoms with van der Waals surface area (Å²) in [5, 5.41) is 0. The van der Waals surface area contributed by atoms with Gasteiger partial charge in [0.05, 0.1) is 24.6 Å². The summed E-state index contributed by atoms with van der Waals surface area (Å²) in [6, 6.07) is 7.42. The van der Waals surface area contributed by atoms with E-state index in [1.54, 1.807) is 0 Å². The molecule has 0 aliphatic carbocycles. The quantitative estimate of drug-likeness (QED) is 0.811. The summed E-state index contributed by atoms with van der Waals surface area (Å²) < 4.78 is 4.63. The van der Waals surface area contributed by atoms with Crippen LogP contribution in [0.25, 0.3) is 11.0 Å². The number of rotatable bonds is 6. The molecule has 1 heterocycles. The van der Waals surface area contributed by atoms with Crippen LogP contribution in [0.5, 0.6) is 0 Å². The standard InChI is InChI=1S/C15H19N3O3/c1-3-18(9-8-14(19)21-2)10-13-15(20)17-12-7-5-4-6-11(12)16-13/h4-7H,3,8-10H2,1-2H3,(H,17,20). The van der Waals surface area contributed by atoms with Crippen molar-refractivity contribution in [3.63, 3.8) is 0 Å². The molecule has 1 aromatic carbocycles. The van der Waals surface area contributed by atoms with Crippen LogP contribution < -0.4 is 5.56 Å². The normalized spacial score (nSPS) is 11.0. The second-order valence-electron chi connectivity index (χ2n) is 4.72. The summed E-state index contributed by atoms with van der Waals surface area (Å²) in [7, 11) is 1.37. The van der Waals surface area contributed by atoms with Crippen LogP contribution in [0.2, 0.25) is 0 Å². The van der Waals surface area contributed by atoms with Crippen molar-refractivity contribution in [2.45, 2.75) is 19.9 Å². The van der Waals surface area contributed by atoms with Crippen LogP contribution in [0.1, 0.15) is 19.0 Å². The fourth-order valence-corrected chi connectivity index (χ4v) is 2.09. The van der Waals surface area contributed by atoms with E-state index in [2.05, 4.69) is 14.7 Å². The summed E-state index contributed by atoms with van der Waals surface area (Å²) in [4.78, 5) is 32.5.